The zero-order chi connectivity index (χ0) is 15.0. The number of amides is 1. The quantitative estimate of drug-likeness (QED) is 0.680. The third-order valence-corrected chi connectivity index (χ3v) is 3.46. The van der Waals surface area contributed by atoms with Gasteiger partial charge in [0.15, 0.2) is 0 Å². The van der Waals surface area contributed by atoms with Crippen molar-refractivity contribution >= 4 is 34.8 Å². The summed E-state index contributed by atoms with van der Waals surface area (Å²) < 4.78 is 0. The van der Waals surface area contributed by atoms with E-state index in [1.807, 2.05) is 0 Å². The Kier molecular flexibility index (Phi) is 7.87. The monoisotopic (exact) mass is 320 g/mol. The second-order valence-electron chi connectivity index (χ2n) is 4.23. The lowest BCUT2D eigenvalue weighted by Crippen LogP contribution is -2.36. The highest BCUT2D eigenvalue weighted by Crippen LogP contribution is 2.29. The second-order valence-corrected chi connectivity index (χ2v) is 5.01. The summed E-state index contributed by atoms with van der Waals surface area (Å²) in [7, 11) is 0. The molecule has 0 saturated carbocycles. The normalized spacial score (nSPS) is 10.8. The van der Waals surface area contributed by atoms with Crippen molar-refractivity contribution in [3.05, 3.63) is 28.2 Å². The van der Waals surface area contributed by atoms with Gasteiger partial charge in [0.25, 0.3) is 0 Å². The highest BCUT2D eigenvalue weighted by atomic mass is 35.5. The van der Waals surface area contributed by atoms with Gasteiger partial charge in [0.05, 0.1) is 28.9 Å². The Balaban J connectivity index is 2.58. The molecule has 5 nitrogen and oxygen atoms in total. The molecule has 7 heteroatoms. The summed E-state index contributed by atoms with van der Waals surface area (Å²) in [5.74, 6) is -0.249. The first-order valence-corrected chi connectivity index (χ1v) is 7.02. The van der Waals surface area contributed by atoms with Gasteiger partial charge in [-0.1, -0.05) is 29.3 Å². The lowest BCUT2D eigenvalue weighted by atomic mass is 10.3. The molecule has 20 heavy (non-hydrogen) atoms. The van der Waals surface area contributed by atoms with Gasteiger partial charge in [0.1, 0.15) is 0 Å². The molecule has 0 radical (unpaired) electrons. The van der Waals surface area contributed by atoms with E-state index < -0.39 is 0 Å². The van der Waals surface area contributed by atoms with Crippen molar-refractivity contribution in [2.75, 3.05) is 38.2 Å². The first-order chi connectivity index (χ1) is 9.58. The molecule has 0 unspecified atom stereocenters. The number of carbonyl (C=O) groups excluding carboxylic acids is 1. The van der Waals surface area contributed by atoms with Crippen LogP contribution in [0.3, 0.4) is 0 Å². The van der Waals surface area contributed by atoms with Gasteiger partial charge in [0.2, 0.25) is 5.91 Å². The summed E-state index contributed by atoms with van der Waals surface area (Å²) in [6, 6.07) is 5.00. The highest BCUT2D eigenvalue weighted by molar-refractivity contribution is 6.43. The van der Waals surface area contributed by atoms with Crippen LogP contribution in [-0.4, -0.2) is 53.9 Å². The van der Waals surface area contributed by atoms with Gasteiger partial charge in [-0.15, -0.1) is 0 Å². The zero-order valence-electron chi connectivity index (χ0n) is 11.0. The molecule has 0 atom stereocenters. The topological polar surface area (TPSA) is 72.8 Å². The Bertz CT molecular complexity index is 444. The maximum Gasteiger partial charge on any atom is 0.238 e. The van der Waals surface area contributed by atoms with E-state index in [1.54, 1.807) is 23.1 Å². The molecule has 0 fully saturated rings. The molecule has 0 aliphatic heterocycles. The Morgan fingerprint density at radius 3 is 2.60 bits per heavy atom. The molecule has 1 aromatic rings. The third kappa shape index (κ3) is 5.64. The van der Waals surface area contributed by atoms with E-state index >= 15 is 0 Å². The van der Waals surface area contributed by atoms with E-state index in [4.69, 9.17) is 33.4 Å². The van der Waals surface area contributed by atoms with Gasteiger partial charge in [-0.2, -0.15) is 0 Å². The molecule has 0 aliphatic rings. The van der Waals surface area contributed by atoms with E-state index in [9.17, 15) is 4.79 Å². The van der Waals surface area contributed by atoms with Crippen molar-refractivity contribution in [2.24, 2.45) is 0 Å². The molecule has 0 heterocycles. The Morgan fingerprint density at radius 2 is 1.95 bits per heavy atom. The van der Waals surface area contributed by atoms with Gasteiger partial charge in [-0.05, 0) is 18.6 Å². The summed E-state index contributed by atoms with van der Waals surface area (Å²) in [5, 5.41) is 21.1. The molecular formula is C13H18Cl2N2O3. The molecule has 1 rings (SSSR count). The Labute approximate surface area is 128 Å². The van der Waals surface area contributed by atoms with Gasteiger partial charge < -0.3 is 15.5 Å². The SMILES string of the molecule is O=C(CN(CCO)CCCO)Nc1cccc(Cl)c1Cl. The average Bonchev–Trinajstić information content (AvgIpc) is 2.41. The van der Waals surface area contributed by atoms with Crippen LogP contribution in [0.15, 0.2) is 18.2 Å². The number of rotatable bonds is 8. The minimum Gasteiger partial charge on any atom is -0.396 e. The molecule has 1 amide bonds. The van der Waals surface area contributed by atoms with Crippen LogP contribution in [-0.2, 0) is 4.79 Å². The third-order valence-electron chi connectivity index (χ3n) is 2.64. The van der Waals surface area contributed by atoms with E-state index in [0.717, 1.165) is 0 Å². The highest BCUT2D eigenvalue weighted by Gasteiger charge is 2.12. The van der Waals surface area contributed by atoms with Crippen LogP contribution in [0.5, 0.6) is 0 Å². The first kappa shape index (κ1) is 17.2. The largest absolute Gasteiger partial charge is 0.396 e. The number of nitrogens with one attached hydrogen (secondary N) is 1. The second kappa shape index (κ2) is 9.15. The lowest BCUT2D eigenvalue weighted by molar-refractivity contribution is -0.117. The lowest BCUT2D eigenvalue weighted by Gasteiger charge is -2.20. The van der Waals surface area contributed by atoms with Crippen molar-refractivity contribution in [2.45, 2.75) is 6.42 Å². The first-order valence-electron chi connectivity index (χ1n) is 6.26. The Morgan fingerprint density at radius 1 is 1.20 bits per heavy atom. The van der Waals surface area contributed by atoms with Crippen molar-refractivity contribution in [1.82, 2.24) is 4.90 Å². The van der Waals surface area contributed by atoms with E-state index in [1.165, 1.54) is 0 Å². The van der Waals surface area contributed by atoms with E-state index in [-0.39, 0.29) is 25.7 Å². The van der Waals surface area contributed by atoms with Crippen molar-refractivity contribution in [3.8, 4) is 0 Å². The molecule has 0 aromatic heterocycles. The van der Waals surface area contributed by atoms with Gasteiger partial charge in [0, 0.05) is 19.7 Å². The average molecular weight is 321 g/mol. The van der Waals surface area contributed by atoms with Gasteiger partial charge in [-0.3, -0.25) is 9.69 Å². The minimum absolute atomic E-state index is 0.0450. The van der Waals surface area contributed by atoms with E-state index in [2.05, 4.69) is 5.32 Å². The fourth-order valence-electron chi connectivity index (χ4n) is 1.70. The van der Waals surface area contributed by atoms with Crippen molar-refractivity contribution in [3.63, 3.8) is 0 Å². The van der Waals surface area contributed by atoms with Crippen molar-refractivity contribution < 1.29 is 15.0 Å². The number of aliphatic hydroxyl groups is 2. The predicted octanol–water partition coefficient (Wildman–Crippen LogP) is 1.61. The van der Waals surface area contributed by atoms with Gasteiger partial charge in [-0.25, -0.2) is 0 Å². The maximum absolute atomic E-state index is 11.9. The number of aliphatic hydroxyl groups excluding tert-OH is 2. The molecule has 0 spiro atoms. The van der Waals surface area contributed by atoms with Crippen LogP contribution in [0.25, 0.3) is 0 Å². The van der Waals surface area contributed by atoms with Crippen LogP contribution >= 0.6 is 23.2 Å². The number of halogens is 2. The summed E-state index contributed by atoms with van der Waals surface area (Å²) in [5.41, 5.74) is 0.454. The van der Waals surface area contributed by atoms with Crippen LogP contribution < -0.4 is 5.32 Å². The number of anilines is 1. The standard InChI is InChI=1S/C13H18Cl2N2O3/c14-10-3-1-4-11(13(10)15)16-12(20)9-17(6-8-19)5-2-7-18/h1,3-4,18-19H,2,5-9H2,(H,16,20). The Hall–Kier alpha value is -0.850. The minimum atomic E-state index is -0.249. The van der Waals surface area contributed by atoms with Crippen LogP contribution in [0, 0.1) is 0 Å². The number of benzene rings is 1. The fourth-order valence-corrected chi connectivity index (χ4v) is 2.05. The summed E-state index contributed by atoms with van der Waals surface area (Å²) >= 11 is 11.9. The molecule has 0 bridgehead atoms. The molecular weight excluding hydrogens is 303 g/mol. The van der Waals surface area contributed by atoms with Gasteiger partial charge >= 0.3 is 0 Å². The van der Waals surface area contributed by atoms with Crippen LogP contribution in [0.2, 0.25) is 10.0 Å². The zero-order valence-corrected chi connectivity index (χ0v) is 12.5. The molecule has 0 saturated heterocycles. The maximum atomic E-state index is 11.9. The number of nitrogens with zero attached hydrogens (tertiary/aromatic N) is 1. The van der Waals surface area contributed by atoms with Crippen LogP contribution in [0.1, 0.15) is 6.42 Å². The molecule has 1 aromatic carbocycles. The fraction of sp³-hybridized carbons (Fsp3) is 0.462. The smallest absolute Gasteiger partial charge is 0.238 e. The predicted molar refractivity (Wildman–Crippen MR) is 80.3 cm³/mol. The summed E-state index contributed by atoms with van der Waals surface area (Å²) in [6.07, 6.45) is 0.547. The van der Waals surface area contributed by atoms with Crippen LogP contribution in [0.4, 0.5) is 5.69 Å². The van der Waals surface area contributed by atoms with E-state index in [0.29, 0.717) is 35.2 Å². The number of hydrogen-bond acceptors (Lipinski definition) is 4. The number of carbonyl (C=O) groups is 1. The number of hydrogen-bond donors (Lipinski definition) is 3. The molecule has 3 N–H and O–H groups in total. The molecule has 0 aliphatic carbocycles. The summed E-state index contributed by atoms with van der Waals surface area (Å²) in [6.45, 7) is 1.02. The molecule has 112 valence electrons. The summed E-state index contributed by atoms with van der Waals surface area (Å²) in [4.78, 5) is 13.7. The van der Waals surface area contributed by atoms with Crippen molar-refractivity contribution in [1.29, 1.82) is 0 Å².